The molecule has 0 bridgehead atoms. The maximum atomic E-state index is 10.6. The summed E-state index contributed by atoms with van der Waals surface area (Å²) in [5.41, 5.74) is 1.33. The van der Waals surface area contributed by atoms with Gasteiger partial charge in [0.15, 0.2) is 0 Å². The van der Waals surface area contributed by atoms with Crippen LogP contribution in [0.15, 0.2) is 24.3 Å². The first kappa shape index (κ1) is 14.9. The molecule has 20 heavy (non-hydrogen) atoms. The molecular formula is C15H23N3O2. The van der Waals surface area contributed by atoms with Gasteiger partial charge in [0.2, 0.25) is 0 Å². The number of nitrogens with one attached hydrogen (secondary N) is 1. The van der Waals surface area contributed by atoms with Gasteiger partial charge >= 0.3 is 0 Å². The van der Waals surface area contributed by atoms with Crippen LogP contribution in [-0.4, -0.2) is 42.0 Å². The van der Waals surface area contributed by atoms with Gasteiger partial charge < -0.3 is 5.32 Å². The van der Waals surface area contributed by atoms with Crippen LogP contribution in [0.4, 0.5) is 5.69 Å². The summed E-state index contributed by atoms with van der Waals surface area (Å²) in [6.07, 6.45) is 3.46. The Morgan fingerprint density at radius 3 is 2.70 bits per heavy atom. The summed E-state index contributed by atoms with van der Waals surface area (Å²) in [6.45, 7) is 6.48. The Bertz CT molecular complexity index is 427. The molecule has 1 aliphatic heterocycles. The molecule has 0 aliphatic carbocycles. The Balaban J connectivity index is 1.87. The van der Waals surface area contributed by atoms with Gasteiger partial charge in [-0.05, 0) is 37.9 Å². The first-order chi connectivity index (χ1) is 9.70. The van der Waals surface area contributed by atoms with Crippen LogP contribution in [-0.2, 0) is 6.42 Å². The number of benzene rings is 1. The molecule has 0 amide bonds. The summed E-state index contributed by atoms with van der Waals surface area (Å²) < 4.78 is 0. The lowest BCUT2D eigenvalue weighted by Gasteiger charge is -2.33. The van der Waals surface area contributed by atoms with Gasteiger partial charge in [0.25, 0.3) is 5.69 Å². The maximum Gasteiger partial charge on any atom is 0.269 e. The highest BCUT2D eigenvalue weighted by molar-refractivity contribution is 5.32. The Kier molecular flexibility index (Phi) is 5.49. The van der Waals surface area contributed by atoms with Gasteiger partial charge in [-0.3, -0.25) is 15.0 Å². The minimum absolute atomic E-state index is 0.164. The normalized spacial score (nSPS) is 19.2. The number of non-ortho nitro benzene ring substituents is 1. The highest BCUT2D eigenvalue weighted by Gasteiger charge is 2.19. The summed E-state index contributed by atoms with van der Waals surface area (Å²) in [5, 5.41) is 14.1. The van der Waals surface area contributed by atoms with E-state index in [2.05, 4.69) is 17.1 Å². The molecule has 0 saturated carbocycles. The number of hydrogen-bond donors (Lipinski definition) is 1. The number of hydrogen-bond acceptors (Lipinski definition) is 4. The molecule has 1 atom stereocenters. The van der Waals surface area contributed by atoms with Crippen molar-refractivity contribution in [2.24, 2.45) is 0 Å². The standard InChI is InChI=1S/C15H23N3O2/c1-2-17(15-4-3-10-16-12-15)11-9-13-5-7-14(8-6-13)18(19)20/h5-8,15-16H,2-4,9-12H2,1H3. The van der Waals surface area contributed by atoms with Crippen molar-refractivity contribution < 1.29 is 4.92 Å². The molecule has 1 fully saturated rings. The zero-order valence-corrected chi connectivity index (χ0v) is 12.0. The fourth-order valence-corrected chi connectivity index (χ4v) is 2.80. The summed E-state index contributed by atoms with van der Waals surface area (Å²) in [7, 11) is 0. The van der Waals surface area contributed by atoms with E-state index in [1.807, 2.05) is 12.1 Å². The third-order valence-corrected chi connectivity index (χ3v) is 4.03. The van der Waals surface area contributed by atoms with Crippen LogP contribution >= 0.6 is 0 Å². The number of rotatable bonds is 6. The molecule has 5 nitrogen and oxygen atoms in total. The molecule has 1 unspecified atom stereocenters. The summed E-state index contributed by atoms with van der Waals surface area (Å²) >= 11 is 0. The molecule has 5 heteroatoms. The Hall–Kier alpha value is -1.46. The van der Waals surface area contributed by atoms with Crippen molar-refractivity contribution in [2.45, 2.75) is 32.2 Å². The van der Waals surface area contributed by atoms with Crippen molar-refractivity contribution in [2.75, 3.05) is 26.2 Å². The van der Waals surface area contributed by atoms with E-state index in [1.54, 1.807) is 12.1 Å². The second kappa shape index (κ2) is 7.36. The zero-order valence-electron chi connectivity index (χ0n) is 12.0. The van der Waals surface area contributed by atoms with Crippen molar-refractivity contribution in [3.05, 3.63) is 39.9 Å². The molecule has 1 aromatic carbocycles. The van der Waals surface area contributed by atoms with Crippen molar-refractivity contribution in [1.29, 1.82) is 0 Å². The monoisotopic (exact) mass is 277 g/mol. The van der Waals surface area contributed by atoms with Crippen LogP contribution in [0.5, 0.6) is 0 Å². The molecule has 0 radical (unpaired) electrons. The van der Waals surface area contributed by atoms with E-state index in [4.69, 9.17) is 0 Å². The first-order valence-electron chi connectivity index (χ1n) is 7.39. The highest BCUT2D eigenvalue weighted by Crippen LogP contribution is 2.14. The number of nitrogens with zero attached hydrogens (tertiary/aromatic N) is 2. The van der Waals surface area contributed by atoms with Crippen LogP contribution in [0.25, 0.3) is 0 Å². The minimum Gasteiger partial charge on any atom is -0.315 e. The second-order valence-electron chi connectivity index (χ2n) is 5.30. The smallest absolute Gasteiger partial charge is 0.269 e. The van der Waals surface area contributed by atoms with Gasteiger partial charge in [0.05, 0.1) is 4.92 Å². The van der Waals surface area contributed by atoms with Gasteiger partial charge in [-0.2, -0.15) is 0 Å². The molecule has 0 aromatic heterocycles. The maximum absolute atomic E-state index is 10.6. The van der Waals surface area contributed by atoms with E-state index in [9.17, 15) is 10.1 Å². The molecule has 110 valence electrons. The SMILES string of the molecule is CCN(CCc1ccc([N+](=O)[O-])cc1)C1CCCNC1. The molecule has 2 rings (SSSR count). The van der Waals surface area contributed by atoms with E-state index in [0.29, 0.717) is 6.04 Å². The lowest BCUT2D eigenvalue weighted by molar-refractivity contribution is -0.384. The molecule has 1 N–H and O–H groups in total. The summed E-state index contributed by atoms with van der Waals surface area (Å²) in [5.74, 6) is 0. The molecule has 1 aromatic rings. The van der Waals surface area contributed by atoms with Crippen LogP contribution < -0.4 is 5.32 Å². The third-order valence-electron chi connectivity index (χ3n) is 4.03. The quantitative estimate of drug-likeness (QED) is 0.640. The van der Waals surface area contributed by atoms with E-state index in [1.165, 1.54) is 12.8 Å². The van der Waals surface area contributed by atoms with Gasteiger partial charge in [-0.1, -0.05) is 19.1 Å². The first-order valence-corrected chi connectivity index (χ1v) is 7.39. The molecule has 1 heterocycles. The Morgan fingerprint density at radius 1 is 1.40 bits per heavy atom. The van der Waals surface area contributed by atoms with Crippen molar-refractivity contribution in [3.8, 4) is 0 Å². The molecule has 1 aliphatic rings. The van der Waals surface area contributed by atoms with Gasteiger partial charge in [0, 0.05) is 31.3 Å². The molecule has 1 saturated heterocycles. The summed E-state index contributed by atoms with van der Waals surface area (Å²) in [6, 6.07) is 7.55. The molecule has 0 spiro atoms. The van der Waals surface area contributed by atoms with Crippen LogP contribution in [0, 0.1) is 10.1 Å². The average Bonchev–Trinajstić information content (AvgIpc) is 2.49. The number of likely N-dealkylation sites (N-methyl/N-ethyl adjacent to an activating group) is 1. The Labute approximate surface area is 120 Å². The number of piperidine rings is 1. The Morgan fingerprint density at radius 2 is 2.15 bits per heavy atom. The topological polar surface area (TPSA) is 58.4 Å². The van der Waals surface area contributed by atoms with E-state index >= 15 is 0 Å². The largest absolute Gasteiger partial charge is 0.315 e. The fraction of sp³-hybridized carbons (Fsp3) is 0.600. The third kappa shape index (κ3) is 4.02. The van der Waals surface area contributed by atoms with Crippen LogP contribution in [0.2, 0.25) is 0 Å². The van der Waals surface area contributed by atoms with E-state index in [-0.39, 0.29) is 10.6 Å². The van der Waals surface area contributed by atoms with Crippen LogP contribution in [0.3, 0.4) is 0 Å². The van der Waals surface area contributed by atoms with Gasteiger partial charge in [-0.25, -0.2) is 0 Å². The predicted octanol–water partition coefficient (Wildman–Crippen LogP) is 2.21. The minimum atomic E-state index is -0.351. The zero-order chi connectivity index (χ0) is 14.4. The van der Waals surface area contributed by atoms with Crippen LogP contribution in [0.1, 0.15) is 25.3 Å². The number of nitro benzene ring substituents is 1. The van der Waals surface area contributed by atoms with Crippen molar-refractivity contribution >= 4 is 5.69 Å². The lowest BCUT2D eigenvalue weighted by atomic mass is 10.0. The van der Waals surface area contributed by atoms with E-state index in [0.717, 1.165) is 38.2 Å². The van der Waals surface area contributed by atoms with Crippen molar-refractivity contribution in [3.63, 3.8) is 0 Å². The van der Waals surface area contributed by atoms with Crippen molar-refractivity contribution in [1.82, 2.24) is 10.2 Å². The fourth-order valence-electron chi connectivity index (χ4n) is 2.80. The lowest BCUT2D eigenvalue weighted by Crippen LogP contribution is -2.46. The second-order valence-corrected chi connectivity index (χ2v) is 5.30. The predicted molar refractivity (Wildman–Crippen MR) is 79.9 cm³/mol. The highest BCUT2D eigenvalue weighted by atomic mass is 16.6. The van der Waals surface area contributed by atoms with E-state index < -0.39 is 0 Å². The van der Waals surface area contributed by atoms with Gasteiger partial charge in [-0.15, -0.1) is 0 Å². The molecular weight excluding hydrogens is 254 g/mol. The average molecular weight is 277 g/mol. The summed E-state index contributed by atoms with van der Waals surface area (Å²) in [4.78, 5) is 12.8. The number of nitro groups is 1. The van der Waals surface area contributed by atoms with Gasteiger partial charge in [0.1, 0.15) is 0 Å².